The number of rotatable bonds is 7. The fourth-order valence-corrected chi connectivity index (χ4v) is 2.69. The number of Topliss-reactive ketones (excluding diaryl/α,β-unsaturated/α-hetero) is 1. The molecule has 0 radical (unpaired) electrons. The van der Waals surface area contributed by atoms with E-state index in [1.807, 2.05) is 0 Å². The van der Waals surface area contributed by atoms with E-state index in [1.165, 1.54) is 50.8 Å². The van der Waals surface area contributed by atoms with Gasteiger partial charge in [-0.1, -0.05) is 11.6 Å². The molecule has 0 atom stereocenters. The van der Waals surface area contributed by atoms with Crippen LogP contribution in [0, 0.1) is 5.82 Å². The third-order valence-corrected chi connectivity index (χ3v) is 4.20. The average Bonchev–Trinajstić information content (AvgIpc) is 2.74. The molecule has 0 saturated heterocycles. The number of amides is 1. The van der Waals surface area contributed by atoms with Crippen molar-refractivity contribution in [3.8, 4) is 17.1 Å². The van der Waals surface area contributed by atoms with Crippen molar-refractivity contribution in [3.05, 3.63) is 59.3 Å². The van der Waals surface area contributed by atoms with Crippen LogP contribution in [-0.2, 0) is 4.79 Å². The van der Waals surface area contributed by atoms with Crippen LogP contribution in [0.3, 0.4) is 0 Å². The minimum Gasteiger partial charge on any atom is -0.491 e. The van der Waals surface area contributed by atoms with Crippen molar-refractivity contribution in [2.24, 2.45) is 0 Å². The van der Waals surface area contributed by atoms with Crippen molar-refractivity contribution < 1.29 is 18.7 Å². The third-order valence-electron chi connectivity index (χ3n) is 3.96. The number of carbonyl (C=O) groups excluding carboxylic acids is 2. The molecule has 1 aromatic carbocycles. The van der Waals surface area contributed by atoms with E-state index < -0.39 is 11.7 Å². The molecule has 2 heterocycles. The van der Waals surface area contributed by atoms with Crippen LogP contribution in [0.5, 0.6) is 5.75 Å². The summed E-state index contributed by atoms with van der Waals surface area (Å²) in [5.74, 6) is -0.664. The number of methoxy groups -OCH3 is 1. The summed E-state index contributed by atoms with van der Waals surface area (Å²) in [5, 5.41) is 5.83. The number of nitrogens with zero attached hydrogens (tertiary/aromatic N) is 3. The second kappa shape index (κ2) is 9.27. The molecule has 0 bridgehead atoms. The second-order valence-electron chi connectivity index (χ2n) is 6.17. The van der Waals surface area contributed by atoms with E-state index in [2.05, 4.69) is 25.6 Å². The van der Waals surface area contributed by atoms with Crippen molar-refractivity contribution in [2.45, 2.75) is 6.92 Å². The number of ketones is 1. The van der Waals surface area contributed by atoms with Crippen LogP contribution >= 0.6 is 11.6 Å². The third kappa shape index (κ3) is 4.87. The maximum atomic E-state index is 14.2. The van der Waals surface area contributed by atoms with Crippen LogP contribution in [-0.4, -0.2) is 40.3 Å². The molecule has 0 aliphatic carbocycles. The first kappa shape index (κ1) is 21.1. The van der Waals surface area contributed by atoms with E-state index in [1.54, 1.807) is 6.07 Å². The smallest absolute Gasteiger partial charge is 0.255 e. The number of hydrogen-bond acceptors (Lipinski definition) is 7. The highest BCUT2D eigenvalue weighted by atomic mass is 35.5. The van der Waals surface area contributed by atoms with Crippen LogP contribution in [0.15, 0.2) is 42.9 Å². The number of aromatic nitrogens is 3. The van der Waals surface area contributed by atoms with Crippen LogP contribution < -0.4 is 15.4 Å². The molecule has 3 rings (SSSR count). The van der Waals surface area contributed by atoms with Crippen LogP contribution in [0.25, 0.3) is 11.4 Å². The maximum Gasteiger partial charge on any atom is 0.255 e. The van der Waals surface area contributed by atoms with Crippen molar-refractivity contribution in [1.82, 2.24) is 20.3 Å². The van der Waals surface area contributed by atoms with Crippen molar-refractivity contribution >= 4 is 34.8 Å². The largest absolute Gasteiger partial charge is 0.491 e. The zero-order valence-electron chi connectivity index (χ0n) is 16.1. The molecule has 154 valence electrons. The number of benzene rings is 1. The predicted molar refractivity (Wildman–Crippen MR) is 110 cm³/mol. The minimum absolute atomic E-state index is 0.0786. The van der Waals surface area contributed by atoms with Gasteiger partial charge in [0.2, 0.25) is 0 Å². The van der Waals surface area contributed by atoms with Gasteiger partial charge in [0.05, 0.1) is 36.7 Å². The summed E-state index contributed by atoms with van der Waals surface area (Å²) in [4.78, 5) is 36.0. The maximum absolute atomic E-state index is 14.2. The first-order valence-corrected chi connectivity index (χ1v) is 9.12. The van der Waals surface area contributed by atoms with E-state index in [9.17, 15) is 14.0 Å². The summed E-state index contributed by atoms with van der Waals surface area (Å²) in [6, 6.07) is 5.62. The molecule has 2 aromatic heterocycles. The topological polar surface area (TPSA) is 106 Å². The average molecular weight is 430 g/mol. The molecule has 0 spiro atoms. The van der Waals surface area contributed by atoms with E-state index in [-0.39, 0.29) is 40.8 Å². The van der Waals surface area contributed by atoms with Gasteiger partial charge in [-0.15, -0.1) is 0 Å². The Labute approximate surface area is 176 Å². The lowest BCUT2D eigenvalue weighted by Crippen LogP contribution is -2.28. The Bertz CT molecular complexity index is 1110. The Kier molecular flexibility index (Phi) is 6.53. The van der Waals surface area contributed by atoms with Gasteiger partial charge in [0.15, 0.2) is 17.4 Å². The normalized spacial score (nSPS) is 10.4. The molecule has 1 amide bonds. The summed E-state index contributed by atoms with van der Waals surface area (Å²) in [5.41, 5.74) is 0.665. The molecule has 0 aliphatic heterocycles. The summed E-state index contributed by atoms with van der Waals surface area (Å²) >= 11 is 5.96. The first-order chi connectivity index (χ1) is 14.4. The van der Waals surface area contributed by atoms with Gasteiger partial charge in [0.1, 0.15) is 11.6 Å². The molecule has 0 saturated carbocycles. The Morgan fingerprint density at radius 1 is 1.23 bits per heavy atom. The number of ether oxygens (including phenoxy) is 1. The highest BCUT2D eigenvalue weighted by Crippen LogP contribution is 2.30. The second-order valence-corrected chi connectivity index (χ2v) is 6.60. The van der Waals surface area contributed by atoms with E-state index >= 15 is 0 Å². The lowest BCUT2D eigenvalue weighted by Gasteiger charge is -2.14. The summed E-state index contributed by atoms with van der Waals surface area (Å²) in [7, 11) is 1.43. The molecule has 30 heavy (non-hydrogen) atoms. The Hall–Kier alpha value is -3.59. The summed E-state index contributed by atoms with van der Waals surface area (Å²) in [6.07, 6.45) is 4.21. The monoisotopic (exact) mass is 429 g/mol. The molecule has 3 aromatic rings. The Morgan fingerprint density at radius 2 is 2.03 bits per heavy atom. The SMILES string of the molecule is COc1cnc(-c2cc(Cl)ccc2F)nc1Nc1ccncc1C(=O)NCC(C)=O. The molecule has 10 heteroatoms. The van der Waals surface area contributed by atoms with E-state index in [0.717, 1.165) is 0 Å². The highest BCUT2D eigenvalue weighted by molar-refractivity contribution is 6.30. The molecule has 2 N–H and O–H groups in total. The zero-order chi connectivity index (χ0) is 21.7. The molecular formula is C20H17ClFN5O3. The number of pyridine rings is 1. The van der Waals surface area contributed by atoms with Gasteiger partial charge in [-0.25, -0.2) is 14.4 Å². The van der Waals surface area contributed by atoms with Gasteiger partial charge in [-0.2, -0.15) is 0 Å². The van der Waals surface area contributed by atoms with E-state index in [4.69, 9.17) is 16.3 Å². The minimum atomic E-state index is -0.538. The fraction of sp³-hybridized carbons (Fsp3) is 0.150. The quantitative estimate of drug-likeness (QED) is 0.592. The van der Waals surface area contributed by atoms with Gasteiger partial charge in [-0.3, -0.25) is 14.6 Å². The summed E-state index contributed by atoms with van der Waals surface area (Å²) < 4.78 is 19.5. The number of nitrogens with one attached hydrogen (secondary N) is 2. The fourth-order valence-electron chi connectivity index (χ4n) is 2.52. The van der Waals surface area contributed by atoms with Crippen LogP contribution in [0.1, 0.15) is 17.3 Å². The van der Waals surface area contributed by atoms with Gasteiger partial charge >= 0.3 is 0 Å². The number of anilines is 2. The van der Waals surface area contributed by atoms with Gasteiger partial charge in [-0.05, 0) is 31.2 Å². The summed E-state index contributed by atoms with van der Waals surface area (Å²) in [6.45, 7) is 1.26. The molecular weight excluding hydrogens is 413 g/mol. The van der Waals surface area contributed by atoms with Crippen molar-refractivity contribution in [2.75, 3.05) is 19.0 Å². The Morgan fingerprint density at radius 3 is 2.77 bits per heavy atom. The first-order valence-electron chi connectivity index (χ1n) is 8.74. The molecule has 0 fully saturated rings. The van der Waals surface area contributed by atoms with Crippen LogP contribution in [0.2, 0.25) is 5.02 Å². The van der Waals surface area contributed by atoms with Crippen molar-refractivity contribution in [3.63, 3.8) is 0 Å². The number of carbonyl (C=O) groups is 2. The van der Waals surface area contributed by atoms with Gasteiger partial charge in [0.25, 0.3) is 5.91 Å². The van der Waals surface area contributed by atoms with Crippen molar-refractivity contribution in [1.29, 1.82) is 0 Å². The predicted octanol–water partition coefficient (Wildman–Crippen LogP) is 3.40. The number of hydrogen-bond donors (Lipinski definition) is 2. The lowest BCUT2D eigenvalue weighted by molar-refractivity contribution is -0.116. The molecule has 0 aliphatic rings. The lowest BCUT2D eigenvalue weighted by atomic mass is 10.2. The highest BCUT2D eigenvalue weighted by Gasteiger charge is 2.17. The molecule has 8 nitrogen and oxygen atoms in total. The van der Waals surface area contributed by atoms with Gasteiger partial charge < -0.3 is 15.4 Å². The van der Waals surface area contributed by atoms with Gasteiger partial charge in [0, 0.05) is 17.4 Å². The standard InChI is InChI=1S/C20H17ClFN5O3/c1-11(28)8-25-20(29)14-9-23-6-5-16(14)26-19-17(30-2)10-24-18(27-19)13-7-12(21)3-4-15(13)22/h3-7,9-10H,8H2,1-2H3,(H,25,29)(H,23,24,26,27). The zero-order valence-corrected chi connectivity index (χ0v) is 16.8. The molecule has 0 unspecified atom stereocenters. The Balaban J connectivity index is 1.98. The van der Waals surface area contributed by atoms with Crippen LogP contribution in [0.4, 0.5) is 15.9 Å². The number of halogens is 2. The van der Waals surface area contributed by atoms with E-state index in [0.29, 0.717) is 10.7 Å².